The molecule has 0 aromatic heterocycles. The number of anilines is 1. The smallest absolute Gasteiger partial charge is 0.0363 e. The van der Waals surface area contributed by atoms with E-state index < -0.39 is 0 Å². The Balaban J connectivity index is 1.63. The van der Waals surface area contributed by atoms with E-state index in [1.54, 1.807) is 11.8 Å². The van der Waals surface area contributed by atoms with Crippen LogP contribution in [-0.2, 0) is 6.54 Å². The fourth-order valence-electron chi connectivity index (χ4n) is 2.23. The molecule has 0 atom stereocenters. The summed E-state index contributed by atoms with van der Waals surface area (Å²) in [5.74, 6) is 0. The van der Waals surface area contributed by atoms with E-state index in [4.69, 9.17) is 0 Å². The van der Waals surface area contributed by atoms with Crippen LogP contribution in [0.5, 0.6) is 0 Å². The normalized spacial score (nSPS) is 10.6. The second-order valence-electron chi connectivity index (χ2n) is 5.14. The minimum Gasteiger partial charge on any atom is -0.375 e. The van der Waals surface area contributed by atoms with Gasteiger partial charge in [-0.25, -0.2) is 0 Å². The molecule has 0 aliphatic rings. The third-order valence-corrected chi connectivity index (χ3v) is 4.28. The Morgan fingerprint density at radius 2 is 1.71 bits per heavy atom. The molecular formula is C18H24N2S. The average Bonchev–Trinajstić information content (AvgIpc) is 2.55. The maximum absolute atomic E-state index is 3.51. The summed E-state index contributed by atoms with van der Waals surface area (Å²) in [6.07, 6.45) is 3.25. The summed E-state index contributed by atoms with van der Waals surface area (Å²) in [4.78, 5) is 3.62. The highest BCUT2D eigenvalue weighted by Gasteiger charge is 1.99. The van der Waals surface area contributed by atoms with E-state index in [1.807, 2.05) is 0 Å². The quantitative estimate of drug-likeness (QED) is 0.585. The summed E-state index contributed by atoms with van der Waals surface area (Å²) in [5.41, 5.74) is 2.63. The van der Waals surface area contributed by atoms with E-state index in [2.05, 4.69) is 78.1 Å². The number of hydrogen-bond acceptors (Lipinski definition) is 3. The lowest BCUT2D eigenvalue weighted by Crippen LogP contribution is -2.23. The summed E-state index contributed by atoms with van der Waals surface area (Å²) in [5, 5.41) is 3.51. The molecule has 0 saturated heterocycles. The third kappa shape index (κ3) is 5.44. The zero-order valence-corrected chi connectivity index (χ0v) is 13.7. The second-order valence-corrected chi connectivity index (χ2v) is 6.02. The van der Waals surface area contributed by atoms with Gasteiger partial charge in [-0.15, -0.1) is 11.8 Å². The SMILES string of the molecule is CSc1ccc(CNCCCN(C)c2ccccc2)cc1. The van der Waals surface area contributed by atoms with Crippen LogP contribution in [0.25, 0.3) is 0 Å². The van der Waals surface area contributed by atoms with Crippen molar-refractivity contribution in [3.8, 4) is 0 Å². The first kappa shape index (κ1) is 15.9. The Bertz CT molecular complexity index is 511. The molecule has 21 heavy (non-hydrogen) atoms. The zero-order valence-electron chi connectivity index (χ0n) is 12.9. The minimum atomic E-state index is 0.948. The van der Waals surface area contributed by atoms with Crippen molar-refractivity contribution in [2.75, 3.05) is 31.3 Å². The highest BCUT2D eigenvalue weighted by molar-refractivity contribution is 7.98. The van der Waals surface area contributed by atoms with E-state index in [0.717, 1.165) is 26.1 Å². The molecule has 0 spiro atoms. The first-order valence-corrected chi connectivity index (χ1v) is 8.62. The Morgan fingerprint density at radius 1 is 1.00 bits per heavy atom. The molecule has 0 radical (unpaired) electrons. The van der Waals surface area contributed by atoms with Gasteiger partial charge in [-0.3, -0.25) is 0 Å². The van der Waals surface area contributed by atoms with Crippen LogP contribution in [0, 0.1) is 0 Å². The van der Waals surface area contributed by atoms with Crippen molar-refractivity contribution in [3.05, 3.63) is 60.2 Å². The number of nitrogens with one attached hydrogen (secondary N) is 1. The van der Waals surface area contributed by atoms with Gasteiger partial charge >= 0.3 is 0 Å². The van der Waals surface area contributed by atoms with Crippen LogP contribution in [0.1, 0.15) is 12.0 Å². The molecule has 112 valence electrons. The van der Waals surface area contributed by atoms with Crippen molar-refractivity contribution in [2.45, 2.75) is 17.9 Å². The van der Waals surface area contributed by atoms with Gasteiger partial charge in [-0.1, -0.05) is 30.3 Å². The predicted molar refractivity (Wildman–Crippen MR) is 94.3 cm³/mol. The Hall–Kier alpha value is -1.45. The maximum Gasteiger partial charge on any atom is 0.0363 e. The molecule has 0 amide bonds. The van der Waals surface area contributed by atoms with E-state index >= 15 is 0 Å². The molecule has 0 bridgehead atoms. The van der Waals surface area contributed by atoms with Gasteiger partial charge in [-0.2, -0.15) is 0 Å². The van der Waals surface area contributed by atoms with E-state index in [0.29, 0.717) is 0 Å². The molecule has 1 N–H and O–H groups in total. The summed E-state index contributed by atoms with van der Waals surface area (Å²) in [7, 11) is 2.15. The summed E-state index contributed by atoms with van der Waals surface area (Å²) in [6, 6.07) is 19.3. The van der Waals surface area contributed by atoms with Gasteiger partial charge in [0, 0.05) is 30.7 Å². The molecule has 0 aliphatic heterocycles. The van der Waals surface area contributed by atoms with Crippen molar-refractivity contribution < 1.29 is 0 Å². The minimum absolute atomic E-state index is 0.948. The molecule has 3 heteroatoms. The lowest BCUT2D eigenvalue weighted by Gasteiger charge is -2.19. The lowest BCUT2D eigenvalue weighted by atomic mass is 10.2. The Morgan fingerprint density at radius 3 is 2.38 bits per heavy atom. The predicted octanol–water partition coefficient (Wildman–Crippen LogP) is 4.02. The Labute approximate surface area is 132 Å². The van der Waals surface area contributed by atoms with Crippen molar-refractivity contribution in [1.29, 1.82) is 0 Å². The highest BCUT2D eigenvalue weighted by atomic mass is 32.2. The standard InChI is InChI=1S/C18H24N2S/c1-20(17-7-4-3-5-8-17)14-6-13-19-15-16-9-11-18(21-2)12-10-16/h3-5,7-12,19H,6,13-15H2,1-2H3. The monoisotopic (exact) mass is 300 g/mol. The van der Waals surface area contributed by atoms with E-state index in [1.165, 1.54) is 16.1 Å². The van der Waals surface area contributed by atoms with E-state index in [-0.39, 0.29) is 0 Å². The number of benzene rings is 2. The fraction of sp³-hybridized carbons (Fsp3) is 0.333. The lowest BCUT2D eigenvalue weighted by molar-refractivity contribution is 0.646. The van der Waals surface area contributed by atoms with Gasteiger partial charge in [0.15, 0.2) is 0 Å². The topological polar surface area (TPSA) is 15.3 Å². The van der Waals surface area contributed by atoms with Crippen molar-refractivity contribution >= 4 is 17.4 Å². The second kappa shape index (κ2) is 8.75. The summed E-state index contributed by atoms with van der Waals surface area (Å²) < 4.78 is 0. The van der Waals surface area contributed by atoms with Gasteiger partial charge < -0.3 is 10.2 Å². The number of hydrogen-bond donors (Lipinski definition) is 1. The molecule has 0 heterocycles. The third-order valence-electron chi connectivity index (χ3n) is 3.53. The molecule has 2 nitrogen and oxygen atoms in total. The van der Waals surface area contributed by atoms with Crippen LogP contribution in [0.15, 0.2) is 59.5 Å². The number of para-hydroxylation sites is 1. The first-order chi connectivity index (χ1) is 10.3. The molecule has 0 saturated carbocycles. The maximum atomic E-state index is 3.51. The largest absolute Gasteiger partial charge is 0.375 e. The molecule has 0 fully saturated rings. The number of thioether (sulfide) groups is 1. The first-order valence-electron chi connectivity index (χ1n) is 7.39. The van der Waals surface area contributed by atoms with Gasteiger partial charge in [-0.05, 0) is 49.1 Å². The Kier molecular flexibility index (Phi) is 6.64. The average molecular weight is 300 g/mol. The van der Waals surface area contributed by atoms with Crippen LogP contribution < -0.4 is 10.2 Å². The molecule has 2 aromatic carbocycles. The summed E-state index contributed by atoms with van der Waals surface area (Å²) in [6.45, 7) is 3.06. The van der Waals surface area contributed by atoms with Crippen LogP contribution in [0.2, 0.25) is 0 Å². The number of nitrogens with zero attached hydrogens (tertiary/aromatic N) is 1. The molecule has 2 aromatic rings. The highest BCUT2D eigenvalue weighted by Crippen LogP contribution is 2.14. The zero-order chi connectivity index (χ0) is 14.9. The molecule has 2 rings (SSSR count). The van der Waals surface area contributed by atoms with Crippen LogP contribution in [0.3, 0.4) is 0 Å². The van der Waals surface area contributed by atoms with Crippen LogP contribution in [-0.4, -0.2) is 26.4 Å². The summed E-state index contributed by atoms with van der Waals surface area (Å²) >= 11 is 1.78. The van der Waals surface area contributed by atoms with Crippen molar-refractivity contribution in [3.63, 3.8) is 0 Å². The van der Waals surface area contributed by atoms with E-state index in [9.17, 15) is 0 Å². The van der Waals surface area contributed by atoms with Gasteiger partial charge in [0.05, 0.1) is 0 Å². The molecule has 0 unspecified atom stereocenters. The van der Waals surface area contributed by atoms with Gasteiger partial charge in [0.1, 0.15) is 0 Å². The molecule has 0 aliphatic carbocycles. The van der Waals surface area contributed by atoms with Crippen molar-refractivity contribution in [2.24, 2.45) is 0 Å². The fourth-order valence-corrected chi connectivity index (χ4v) is 2.64. The van der Waals surface area contributed by atoms with Crippen LogP contribution >= 0.6 is 11.8 Å². The number of rotatable bonds is 8. The van der Waals surface area contributed by atoms with Crippen LogP contribution in [0.4, 0.5) is 5.69 Å². The van der Waals surface area contributed by atoms with Gasteiger partial charge in [0.25, 0.3) is 0 Å². The molecular weight excluding hydrogens is 276 g/mol. The van der Waals surface area contributed by atoms with Gasteiger partial charge in [0.2, 0.25) is 0 Å². The van der Waals surface area contributed by atoms with Crippen molar-refractivity contribution in [1.82, 2.24) is 5.32 Å².